The first-order valence-electron chi connectivity index (χ1n) is 6.64. The van der Waals surface area contributed by atoms with Gasteiger partial charge in [-0.3, -0.25) is 4.99 Å². The second-order valence-electron chi connectivity index (χ2n) is 5.57. The van der Waals surface area contributed by atoms with E-state index in [4.69, 9.17) is 5.73 Å². The third-order valence-corrected chi connectivity index (χ3v) is 4.00. The van der Waals surface area contributed by atoms with E-state index in [-0.39, 0.29) is 19.4 Å². The Hall–Kier alpha value is -0.980. The van der Waals surface area contributed by atoms with E-state index in [2.05, 4.69) is 4.99 Å². The van der Waals surface area contributed by atoms with Crippen LogP contribution in [0.5, 0.6) is 0 Å². The molecule has 110 valence electrons. The molecule has 7 heteroatoms. The maximum atomic E-state index is 12.7. The quantitative estimate of drug-likeness (QED) is 0.594. The minimum atomic E-state index is -4.23. The van der Waals surface area contributed by atoms with Crippen molar-refractivity contribution < 1.29 is 18.3 Å². The number of nitrogens with two attached hydrogens (primary N) is 1. The van der Waals surface area contributed by atoms with Gasteiger partial charge in [0.1, 0.15) is 0 Å². The largest absolute Gasteiger partial charge is 0.391 e. The van der Waals surface area contributed by atoms with Crippen LogP contribution in [-0.4, -0.2) is 47.4 Å². The van der Waals surface area contributed by atoms with Gasteiger partial charge < -0.3 is 15.7 Å². The molecule has 19 heavy (non-hydrogen) atoms. The van der Waals surface area contributed by atoms with Crippen molar-refractivity contribution in [3.8, 4) is 0 Å². The van der Waals surface area contributed by atoms with E-state index in [0.717, 1.165) is 19.5 Å². The lowest BCUT2D eigenvalue weighted by atomic mass is 9.78. The van der Waals surface area contributed by atoms with E-state index >= 15 is 0 Å². The third kappa shape index (κ3) is 3.52. The van der Waals surface area contributed by atoms with Crippen molar-refractivity contribution in [2.75, 3.05) is 19.6 Å². The molecule has 2 unspecified atom stereocenters. The monoisotopic (exact) mass is 279 g/mol. The second kappa shape index (κ2) is 5.19. The van der Waals surface area contributed by atoms with Crippen LogP contribution in [-0.2, 0) is 0 Å². The topological polar surface area (TPSA) is 61.9 Å². The highest BCUT2D eigenvalue weighted by Crippen LogP contribution is 2.41. The zero-order chi connectivity index (χ0) is 14.1. The molecule has 1 aliphatic heterocycles. The van der Waals surface area contributed by atoms with E-state index in [1.807, 2.05) is 4.90 Å². The fourth-order valence-corrected chi connectivity index (χ4v) is 2.64. The average Bonchev–Trinajstić information content (AvgIpc) is 2.23. The normalized spacial score (nSPS) is 33.2. The Morgan fingerprint density at radius 2 is 2.05 bits per heavy atom. The van der Waals surface area contributed by atoms with Gasteiger partial charge in [-0.15, -0.1) is 0 Å². The summed E-state index contributed by atoms with van der Waals surface area (Å²) >= 11 is 0. The predicted molar refractivity (Wildman–Crippen MR) is 65.6 cm³/mol. The molecule has 0 radical (unpaired) electrons. The lowest BCUT2D eigenvalue weighted by molar-refractivity contribution is -0.199. The summed E-state index contributed by atoms with van der Waals surface area (Å²) < 4.78 is 38.1. The summed E-state index contributed by atoms with van der Waals surface area (Å²) in [6, 6.07) is 0. The third-order valence-electron chi connectivity index (χ3n) is 4.00. The number of hydrogen-bond acceptors (Lipinski definition) is 2. The van der Waals surface area contributed by atoms with Crippen LogP contribution in [0.4, 0.5) is 13.2 Å². The molecule has 0 spiro atoms. The summed E-state index contributed by atoms with van der Waals surface area (Å²) in [5.74, 6) is -1.10. The Kier molecular flexibility index (Phi) is 3.94. The number of halogens is 3. The zero-order valence-electron chi connectivity index (χ0n) is 10.8. The fourth-order valence-electron chi connectivity index (χ4n) is 2.64. The van der Waals surface area contributed by atoms with Crippen molar-refractivity contribution in [3.63, 3.8) is 0 Å². The van der Waals surface area contributed by atoms with Gasteiger partial charge in [0.05, 0.1) is 18.1 Å². The lowest BCUT2D eigenvalue weighted by Gasteiger charge is -2.37. The van der Waals surface area contributed by atoms with Gasteiger partial charge in [-0.05, 0) is 32.1 Å². The van der Waals surface area contributed by atoms with Crippen LogP contribution in [0, 0.1) is 5.92 Å². The van der Waals surface area contributed by atoms with Crippen molar-refractivity contribution in [1.29, 1.82) is 0 Å². The minimum Gasteiger partial charge on any atom is -0.388 e. The Labute approximate surface area is 110 Å². The van der Waals surface area contributed by atoms with Crippen molar-refractivity contribution in [1.82, 2.24) is 4.90 Å². The number of hydrogen-bond donors (Lipinski definition) is 2. The molecule has 4 nitrogen and oxygen atoms in total. The van der Waals surface area contributed by atoms with Crippen LogP contribution in [0.3, 0.4) is 0 Å². The van der Waals surface area contributed by atoms with Crippen LogP contribution < -0.4 is 5.73 Å². The summed E-state index contributed by atoms with van der Waals surface area (Å²) in [6.07, 6.45) is -2.63. The first-order valence-corrected chi connectivity index (χ1v) is 6.64. The molecule has 0 aromatic carbocycles. The summed E-state index contributed by atoms with van der Waals surface area (Å²) in [7, 11) is 0. The van der Waals surface area contributed by atoms with Crippen LogP contribution >= 0.6 is 0 Å². The molecule has 1 heterocycles. The predicted octanol–water partition coefficient (Wildman–Crippen LogP) is 1.49. The highest BCUT2D eigenvalue weighted by Gasteiger charge is 2.46. The van der Waals surface area contributed by atoms with E-state index in [1.54, 1.807) is 0 Å². The summed E-state index contributed by atoms with van der Waals surface area (Å²) in [6.45, 7) is 1.62. The fraction of sp³-hybridized carbons (Fsp3) is 0.917. The van der Waals surface area contributed by atoms with Gasteiger partial charge in [-0.2, -0.15) is 13.2 Å². The number of rotatable bonds is 2. The Bertz CT molecular complexity index is 355. The highest BCUT2D eigenvalue weighted by atomic mass is 19.4. The van der Waals surface area contributed by atoms with Gasteiger partial charge in [-0.25, -0.2) is 0 Å². The molecule has 0 amide bonds. The van der Waals surface area contributed by atoms with Gasteiger partial charge in [0.15, 0.2) is 5.96 Å². The molecule has 2 rings (SSSR count). The maximum absolute atomic E-state index is 12.7. The molecule has 1 saturated carbocycles. The Balaban J connectivity index is 1.94. The Morgan fingerprint density at radius 3 is 2.58 bits per heavy atom. The molecular weight excluding hydrogens is 259 g/mol. The van der Waals surface area contributed by atoms with E-state index in [1.165, 1.54) is 0 Å². The van der Waals surface area contributed by atoms with Crippen LogP contribution in [0.2, 0.25) is 0 Å². The van der Waals surface area contributed by atoms with E-state index in [9.17, 15) is 18.3 Å². The number of aliphatic imine (C=N–C) groups is 1. The van der Waals surface area contributed by atoms with Gasteiger partial charge >= 0.3 is 6.18 Å². The summed E-state index contributed by atoms with van der Waals surface area (Å²) in [5.41, 5.74) is 4.35. The number of aliphatic hydroxyl groups is 1. The van der Waals surface area contributed by atoms with Crippen molar-refractivity contribution in [3.05, 3.63) is 0 Å². The van der Waals surface area contributed by atoms with Gasteiger partial charge in [-0.1, -0.05) is 0 Å². The van der Waals surface area contributed by atoms with Crippen molar-refractivity contribution >= 4 is 5.96 Å². The van der Waals surface area contributed by atoms with Gasteiger partial charge in [0.2, 0.25) is 0 Å². The first-order chi connectivity index (χ1) is 8.80. The lowest BCUT2D eigenvalue weighted by Crippen LogP contribution is -2.48. The molecule has 1 saturated heterocycles. The maximum Gasteiger partial charge on any atom is 0.391 e. The average molecular weight is 279 g/mol. The van der Waals surface area contributed by atoms with Crippen molar-refractivity contribution in [2.24, 2.45) is 16.6 Å². The van der Waals surface area contributed by atoms with E-state index in [0.29, 0.717) is 18.8 Å². The number of guanidine groups is 1. The van der Waals surface area contributed by atoms with Gasteiger partial charge in [0, 0.05) is 13.1 Å². The molecule has 0 aromatic rings. The first kappa shape index (κ1) is 14.4. The number of likely N-dealkylation sites (tertiary alicyclic amines) is 1. The SMILES string of the molecule is NC(=NCC1(O)CCCC(C(F)(F)F)C1)N1CCC1. The highest BCUT2D eigenvalue weighted by molar-refractivity contribution is 5.78. The second-order valence-corrected chi connectivity index (χ2v) is 5.57. The molecular formula is C12H20F3N3O. The molecule has 1 aliphatic carbocycles. The summed E-state index contributed by atoms with van der Waals surface area (Å²) in [4.78, 5) is 5.92. The van der Waals surface area contributed by atoms with Crippen molar-refractivity contribution in [2.45, 2.75) is 43.9 Å². The standard InChI is InChI=1S/C12H20F3N3O/c13-12(14,15)9-3-1-4-11(19,7-9)8-17-10(16)18-5-2-6-18/h9,19H,1-8H2,(H2,16,17). The molecule has 2 atom stereocenters. The van der Waals surface area contributed by atoms with E-state index < -0.39 is 17.7 Å². The van der Waals surface area contributed by atoms with Crippen LogP contribution in [0.15, 0.2) is 4.99 Å². The molecule has 3 N–H and O–H groups in total. The minimum absolute atomic E-state index is 0.0398. The number of nitrogens with zero attached hydrogens (tertiary/aromatic N) is 2. The zero-order valence-corrected chi connectivity index (χ0v) is 10.8. The van der Waals surface area contributed by atoms with Crippen LogP contribution in [0.25, 0.3) is 0 Å². The van der Waals surface area contributed by atoms with Gasteiger partial charge in [0.25, 0.3) is 0 Å². The molecule has 2 fully saturated rings. The summed E-state index contributed by atoms with van der Waals surface area (Å²) in [5, 5.41) is 10.2. The van der Waals surface area contributed by atoms with Crippen LogP contribution in [0.1, 0.15) is 32.1 Å². The molecule has 0 bridgehead atoms. The number of alkyl halides is 3. The Morgan fingerprint density at radius 1 is 1.37 bits per heavy atom. The smallest absolute Gasteiger partial charge is 0.388 e. The molecule has 2 aliphatic rings. The molecule has 0 aromatic heterocycles.